The van der Waals surface area contributed by atoms with Crippen LogP contribution in [0.15, 0.2) is 18.2 Å². The van der Waals surface area contributed by atoms with Crippen molar-refractivity contribution in [2.75, 3.05) is 11.9 Å². The van der Waals surface area contributed by atoms with Gasteiger partial charge in [-0.05, 0) is 37.5 Å². The molecule has 0 spiro atoms. The monoisotopic (exact) mass is 286 g/mol. The summed E-state index contributed by atoms with van der Waals surface area (Å²) in [5.41, 5.74) is 6.40. The van der Waals surface area contributed by atoms with Crippen LogP contribution in [0.25, 0.3) is 0 Å². The molecule has 5 heteroatoms. The van der Waals surface area contributed by atoms with Gasteiger partial charge >= 0.3 is 0 Å². The fraction of sp³-hybridized carbons (Fsp3) is 0.500. The number of carbonyl (C=O) groups excluding carboxylic acids is 1. The quantitative estimate of drug-likeness (QED) is 0.897. The Morgan fingerprint density at radius 2 is 2.05 bits per heavy atom. The van der Waals surface area contributed by atoms with Gasteiger partial charge in [-0.25, -0.2) is 4.39 Å². The SMILES string of the molecule is Cc1ccc(F)c(NC(=O)C2(CN)CCCC2)c1.Cl. The molecule has 1 aromatic carbocycles. The van der Waals surface area contributed by atoms with Crippen LogP contribution in [-0.2, 0) is 4.79 Å². The molecular formula is C14H20ClFN2O. The number of benzene rings is 1. The van der Waals surface area contributed by atoms with E-state index in [1.165, 1.54) is 6.07 Å². The van der Waals surface area contributed by atoms with E-state index in [-0.39, 0.29) is 24.0 Å². The average Bonchev–Trinajstić information content (AvgIpc) is 2.84. The summed E-state index contributed by atoms with van der Waals surface area (Å²) in [6.07, 6.45) is 3.62. The molecule has 106 valence electrons. The lowest BCUT2D eigenvalue weighted by Crippen LogP contribution is -2.40. The summed E-state index contributed by atoms with van der Waals surface area (Å²) in [6, 6.07) is 4.69. The van der Waals surface area contributed by atoms with E-state index in [1.807, 2.05) is 6.92 Å². The van der Waals surface area contributed by atoms with Gasteiger partial charge in [0.05, 0.1) is 11.1 Å². The molecule has 0 atom stereocenters. The van der Waals surface area contributed by atoms with Crippen molar-refractivity contribution in [2.24, 2.45) is 11.1 Å². The van der Waals surface area contributed by atoms with Gasteiger partial charge in [0.15, 0.2) is 0 Å². The Hall–Kier alpha value is -1.13. The first-order valence-electron chi connectivity index (χ1n) is 6.35. The number of nitrogens with one attached hydrogen (secondary N) is 1. The van der Waals surface area contributed by atoms with E-state index in [0.29, 0.717) is 6.54 Å². The fourth-order valence-corrected chi connectivity index (χ4v) is 2.57. The Morgan fingerprint density at radius 3 is 2.63 bits per heavy atom. The maximum absolute atomic E-state index is 13.6. The highest BCUT2D eigenvalue weighted by Crippen LogP contribution is 2.38. The van der Waals surface area contributed by atoms with E-state index in [2.05, 4.69) is 5.32 Å². The Morgan fingerprint density at radius 1 is 1.42 bits per heavy atom. The van der Waals surface area contributed by atoms with Crippen LogP contribution >= 0.6 is 12.4 Å². The van der Waals surface area contributed by atoms with Gasteiger partial charge in [-0.2, -0.15) is 0 Å². The first-order chi connectivity index (χ1) is 8.57. The van der Waals surface area contributed by atoms with Gasteiger partial charge in [-0.1, -0.05) is 18.9 Å². The second kappa shape index (κ2) is 6.35. The molecule has 3 N–H and O–H groups in total. The molecule has 0 heterocycles. The van der Waals surface area contributed by atoms with Crippen LogP contribution in [0.1, 0.15) is 31.2 Å². The van der Waals surface area contributed by atoms with Crippen molar-refractivity contribution in [2.45, 2.75) is 32.6 Å². The second-order valence-corrected chi connectivity index (χ2v) is 5.13. The maximum Gasteiger partial charge on any atom is 0.231 e. The number of nitrogens with two attached hydrogens (primary N) is 1. The van der Waals surface area contributed by atoms with E-state index < -0.39 is 11.2 Å². The predicted molar refractivity (Wildman–Crippen MR) is 77.0 cm³/mol. The number of carbonyl (C=O) groups is 1. The number of amides is 1. The van der Waals surface area contributed by atoms with E-state index in [9.17, 15) is 9.18 Å². The summed E-state index contributed by atoms with van der Waals surface area (Å²) in [6.45, 7) is 2.19. The first kappa shape index (κ1) is 15.9. The van der Waals surface area contributed by atoms with E-state index in [0.717, 1.165) is 31.2 Å². The molecule has 0 aliphatic heterocycles. The summed E-state index contributed by atoms with van der Waals surface area (Å²) in [5, 5.41) is 2.69. The topological polar surface area (TPSA) is 55.1 Å². The minimum absolute atomic E-state index is 0. The van der Waals surface area contributed by atoms with Gasteiger partial charge < -0.3 is 11.1 Å². The zero-order valence-corrected chi connectivity index (χ0v) is 11.9. The Balaban J connectivity index is 0.00000180. The Kier molecular flexibility index (Phi) is 5.32. The molecule has 0 saturated heterocycles. The Labute approximate surface area is 119 Å². The van der Waals surface area contributed by atoms with Gasteiger partial charge in [0, 0.05) is 6.54 Å². The molecule has 1 aromatic rings. The average molecular weight is 287 g/mol. The van der Waals surface area contributed by atoms with Crippen LogP contribution in [-0.4, -0.2) is 12.5 Å². The summed E-state index contributed by atoms with van der Waals surface area (Å²) < 4.78 is 13.6. The van der Waals surface area contributed by atoms with Crippen LogP contribution in [0.5, 0.6) is 0 Å². The maximum atomic E-state index is 13.6. The molecule has 1 fully saturated rings. The molecule has 2 rings (SSSR count). The van der Waals surface area contributed by atoms with Crippen LogP contribution in [0, 0.1) is 18.2 Å². The summed E-state index contributed by atoms with van der Waals surface area (Å²) >= 11 is 0. The number of aryl methyl sites for hydroxylation is 1. The lowest BCUT2D eigenvalue weighted by Gasteiger charge is -2.25. The highest BCUT2D eigenvalue weighted by atomic mass is 35.5. The lowest BCUT2D eigenvalue weighted by molar-refractivity contribution is -0.124. The van der Waals surface area contributed by atoms with Gasteiger partial charge in [-0.3, -0.25) is 4.79 Å². The van der Waals surface area contributed by atoms with Crippen molar-refractivity contribution in [3.05, 3.63) is 29.6 Å². The summed E-state index contributed by atoms with van der Waals surface area (Å²) in [7, 11) is 0. The standard InChI is InChI=1S/C14H19FN2O.ClH/c1-10-4-5-11(15)12(8-10)17-13(18)14(9-16)6-2-3-7-14;/h4-5,8H,2-3,6-7,9,16H2,1H3,(H,17,18);1H. The van der Waals surface area contributed by atoms with Gasteiger partial charge in [-0.15, -0.1) is 12.4 Å². The van der Waals surface area contributed by atoms with Gasteiger partial charge in [0.25, 0.3) is 0 Å². The van der Waals surface area contributed by atoms with Crippen molar-refractivity contribution in [3.63, 3.8) is 0 Å². The largest absolute Gasteiger partial charge is 0.329 e. The number of halogens is 2. The third-order valence-corrected chi connectivity index (χ3v) is 3.80. The van der Waals surface area contributed by atoms with Crippen molar-refractivity contribution in [3.8, 4) is 0 Å². The molecule has 0 bridgehead atoms. The molecule has 1 aliphatic rings. The molecule has 0 unspecified atom stereocenters. The minimum atomic E-state index is -0.504. The van der Waals surface area contributed by atoms with Crippen molar-refractivity contribution >= 4 is 24.0 Å². The summed E-state index contributed by atoms with van der Waals surface area (Å²) in [4.78, 5) is 12.3. The first-order valence-corrected chi connectivity index (χ1v) is 6.35. The van der Waals surface area contributed by atoms with Gasteiger partial charge in [0.2, 0.25) is 5.91 Å². The number of anilines is 1. The van der Waals surface area contributed by atoms with Crippen molar-refractivity contribution in [1.82, 2.24) is 0 Å². The van der Waals surface area contributed by atoms with Crippen LogP contribution in [0.2, 0.25) is 0 Å². The number of hydrogen-bond donors (Lipinski definition) is 2. The second-order valence-electron chi connectivity index (χ2n) is 5.13. The summed E-state index contributed by atoms with van der Waals surface area (Å²) in [5.74, 6) is -0.550. The molecule has 0 radical (unpaired) electrons. The molecule has 3 nitrogen and oxygen atoms in total. The molecule has 0 aromatic heterocycles. The molecule has 1 saturated carbocycles. The fourth-order valence-electron chi connectivity index (χ4n) is 2.57. The van der Waals surface area contributed by atoms with Crippen LogP contribution in [0.4, 0.5) is 10.1 Å². The van der Waals surface area contributed by atoms with Crippen LogP contribution in [0.3, 0.4) is 0 Å². The van der Waals surface area contributed by atoms with Crippen molar-refractivity contribution < 1.29 is 9.18 Å². The molecule has 1 aliphatic carbocycles. The van der Waals surface area contributed by atoms with Gasteiger partial charge in [0.1, 0.15) is 5.82 Å². The molecular weight excluding hydrogens is 267 g/mol. The smallest absolute Gasteiger partial charge is 0.231 e. The zero-order chi connectivity index (χ0) is 13.2. The van der Waals surface area contributed by atoms with Crippen molar-refractivity contribution in [1.29, 1.82) is 0 Å². The third-order valence-electron chi connectivity index (χ3n) is 3.80. The third kappa shape index (κ3) is 3.25. The van der Waals surface area contributed by atoms with E-state index in [1.54, 1.807) is 12.1 Å². The molecule has 1 amide bonds. The van der Waals surface area contributed by atoms with E-state index in [4.69, 9.17) is 5.73 Å². The normalized spacial score (nSPS) is 16.8. The number of rotatable bonds is 3. The Bertz CT molecular complexity index is 459. The number of hydrogen-bond acceptors (Lipinski definition) is 2. The highest BCUT2D eigenvalue weighted by molar-refractivity contribution is 5.95. The predicted octanol–water partition coefficient (Wildman–Crippen LogP) is 3.01. The highest BCUT2D eigenvalue weighted by Gasteiger charge is 2.39. The van der Waals surface area contributed by atoms with E-state index >= 15 is 0 Å². The van der Waals surface area contributed by atoms with Crippen LogP contribution < -0.4 is 11.1 Å². The lowest BCUT2D eigenvalue weighted by atomic mass is 9.85. The minimum Gasteiger partial charge on any atom is -0.329 e. The zero-order valence-electron chi connectivity index (χ0n) is 11.0. The molecule has 19 heavy (non-hydrogen) atoms.